The van der Waals surface area contributed by atoms with Gasteiger partial charge in [0.15, 0.2) is 6.29 Å². The minimum absolute atomic E-state index is 0.562. The largest absolute Gasteiger partial charge is 0.301 e. The summed E-state index contributed by atoms with van der Waals surface area (Å²) in [4.78, 5) is 21.1. The average molecular weight is 253 g/mol. The van der Waals surface area contributed by atoms with E-state index in [-0.39, 0.29) is 0 Å². The van der Waals surface area contributed by atoms with Crippen LogP contribution in [0.1, 0.15) is 22.8 Å². The van der Waals surface area contributed by atoms with Crippen LogP contribution in [0.3, 0.4) is 0 Å². The predicted octanol–water partition coefficient (Wildman–Crippen LogP) is 3.27. The van der Waals surface area contributed by atoms with Gasteiger partial charge in [-0.1, -0.05) is 6.08 Å². The van der Waals surface area contributed by atoms with E-state index in [1.165, 1.54) is 0 Å². The summed E-state index contributed by atoms with van der Waals surface area (Å²) in [6.07, 6.45) is 9.77. The molecule has 0 saturated heterocycles. The number of aldehydes is 1. The summed E-state index contributed by atoms with van der Waals surface area (Å²) in [5.74, 6) is 0.746. The van der Waals surface area contributed by atoms with E-state index < -0.39 is 0 Å². The van der Waals surface area contributed by atoms with Crippen molar-refractivity contribution < 1.29 is 4.79 Å². The Labute approximate surface area is 112 Å². The molecule has 0 N–H and O–H groups in total. The third kappa shape index (κ3) is 3.04. The van der Waals surface area contributed by atoms with Crippen molar-refractivity contribution in [3.8, 4) is 0 Å². The quantitative estimate of drug-likeness (QED) is 0.784. The van der Waals surface area contributed by atoms with Crippen molar-refractivity contribution in [3.05, 3.63) is 60.2 Å². The fourth-order valence-electron chi connectivity index (χ4n) is 1.72. The number of anilines is 2. The Balaban J connectivity index is 2.41. The van der Waals surface area contributed by atoms with Crippen LogP contribution in [0.2, 0.25) is 0 Å². The van der Waals surface area contributed by atoms with Crippen LogP contribution in [0.5, 0.6) is 0 Å². The Morgan fingerprint density at radius 1 is 1.21 bits per heavy atom. The number of aryl methyl sites for hydroxylation is 1. The monoisotopic (exact) mass is 253 g/mol. The van der Waals surface area contributed by atoms with Crippen molar-refractivity contribution in [1.29, 1.82) is 0 Å². The molecule has 0 aliphatic heterocycles. The molecular formula is C15H15N3O. The highest BCUT2D eigenvalue weighted by Gasteiger charge is 2.08. The molecule has 2 aromatic rings. The van der Waals surface area contributed by atoms with Gasteiger partial charge in [0.2, 0.25) is 0 Å². The van der Waals surface area contributed by atoms with Crippen molar-refractivity contribution in [2.45, 2.75) is 13.8 Å². The van der Waals surface area contributed by atoms with Crippen molar-refractivity contribution in [2.75, 3.05) is 4.90 Å². The smallest absolute Gasteiger partial charge is 0.151 e. The summed E-state index contributed by atoms with van der Waals surface area (Å²) < 4.78 is 0. The van der Waals surface area contributed by atoms with Crippen LogP contribution in [0.15, 0.2) is 49.1 Å². The molecule has 4 nitrogen and oxygen atoms in total. The molecule has 0 aromatic carbocycles. The van der Waals surface area contributed by atoms with Gasteiger partial charge >= 0.3 is 0 Å². The Morgan fingerprint density at radius 3 is 2.63 bits per heavy atom. The highest BCUT2D eigenvalue weighted by molar-refractivity contribution is 5.75. The van der Waals surface area contributed by atoms with E-state index in [0.717, 1.165) is 23.4 Å². The lowest BCUT2D eigenvalue weighted by atomic mass is 10.2. The maximum absolute atomic E-state index is 10.7. The third-order valence-corrected chi connectivity index (χ3v) is 2.59. The zero-order valence-electron chi connectivity index (χ0n) is 10.9. The van der Waals surface area contributed by atoms with E-state index in [1.807, 2.05) is 43.2 Å². The summed E-state index contributed by atoms with van der Waals surface area (Å²) in [7, 11) is 0. The Kier molecular flexibility index (Phi) is 4.03. The molecule has 2 heterocycles. The number of nitrogens with zero attached hydrogens (tertiary/aromatic N) is 3. The van der Waals surface area contributed by atoms with E-state index in [9.17, 15) is 4.79 Å². The summed E-state index contributed by atoms with van der Waals surface area (Å²) in [5, 5.41) is 0. The van der Waals surface area contributed by atoms with Gasteiger partial charge in [-0.3, -0.25) is 9.78 Å². The lowest BCUT2D eigenvalue weighted by Crippen LogP contribution is -2.10. The molecular weight excluding hydrogens is 238 g/mol. The number of carbonyl (C=O) groups is 1. The van der Waals surface area contributed by atoms with E-state index in [2.05, 4.69) is 9.97 Å². The Hall–Kier alpha value is -2.49. The molecule has 0 amide bonds. The maximum Gasteiger partial charge on any atom is 0.151 e. The second kappa shape index (κ2) is 5.91. The average Bonchev–Trinajstić information content (AvgIpc) is 2.45. The first-order valence-corrected chi connectivity index (χ1v) is 5.99. The fraction of sp³-hybridized carbons (Fsp3) is 0.133. The van der Waals surface area contributed by atoms with Crippen LogP contribution in [0, 0.1) is 6.92 Å². The molecule has 19 heavy (non-hydrogen) atoms. The molecule has 4 heteroatoms. The number of pyridine rings is 2. The van der Waals surface area contributed by atoms with Crippen molar-refractivity contribution in [3.63, 3.8) is 0 Å². The van der Waals surface area contributed by atoms with Crippen LogP contribution in [-0.2, 0) is 0 Å². The molecule has 0 radical (unpaired) electrons. The van der Waals surface area contributed by atoms with Gasteiger partial charge in [0, 0.05) is 24.2 Å². The van der Waals surface area contributed by atoms with E-state index in [1.54, 1.807) is 24.7 Å². The first-order chi connectivity index (χ1) is 9.24. The molecule has 0 fully saturated rings. The first-order valence-electron chi connectivity index (χ1n) is 5.99. The maximum atomic E-state index is 10.7. The van der Waals surface area contributed by atoms with Gasteiger partial charge in [0.1, 0.15) is 5.82 Å². The van der Waals surface area contributed by atoms with E-state index in [4.69, 9.17) is 0 Å². The Morgan fingerprint density at radius 2 is 2.05 bits per heavy atom. The van der Waals surface area contributed by atoms with Gasteiger partial charge in [-0.05, 0) is 37.6 Å². The fourth-order valence-corrected chi connectivity index (χ4v) is 1.72. The lowest BCUT2D eigenvalue weighted by Gasteiger charge is -2.19. The molecule has 0 atom stereocenters. The van der Waals surface area contributed by atoms with Crippen molar-refractivity contribution in [1.82, 2.24) is 9.97 Å². The molecule has 0 spiro atoms. The van der Waals surface area contributed by atoms with Crippen LogP contribution in [-0.4, -0.2) is 16.3 Å². The minimum Gasteiger partial charge on any atom is -0.301 e. The molecule has 2 aromatic heterocycles. The van der Waals surface area contributed by atoms with Gasteiger partial charge in [0.05, 0.1) is 11.9 Å². The number of hydrogen-bond acceptors (Lipinski definition) is 4. The summed E-state index contributed by atoms with van der Waals surface area (Å²) in [5.41, 5.74) is 2.58. The highest BCUT2D eigenvalue weighted by Crippen LogP contribution is 2.23. The van der Waals surface area contributed by atoms with E-state index in [0.29, 0.717) is 5.56 Å². The molecule has 96 valence electrons. The van der Waals surface area contributed by atoms with Gasteiger partial charge in [0.25, 0.3) is 0 Å². The minimum atomic E-state index is 0.562. The van der Waals surface area contributed by atoms with Gasteiger partial charge in [-0.25, -0.2) is 4.98 Å². The van der Waals surface area contributed by atoms with Crippen LogP contribution >= 0.6 is 0 Å². The predicted molar refractivity (Wildman–Crippen MR) is 75.6 cm³/mol. The molecule has 0 aliphatic rings. The topological polar surface area (TPSA) is 46.1 Å². The van der Waals surface area contributed by atoms with Gasteiger partial charge in [-0.2, -0.15) is 0 Å². The number of rotatable bonds is 4. The molecule has 0 aliphatic carbocycles. The first kappa shape index (κ1) is 13.0. The zero-order valence-corrected chi connectivity index (χ0v) is 10.9. The molecule has 0 unspecified atom stereocenters. The molecule has 0 bridgehead atoms. The number of aromatic nitrogens is 2. The van der Waals surface area contributed by atoms with E-state index >= 15 is 0 Å². The second-order valence-electron chi connectivity index (χ2n) is 4.14. The van der Waals surface area contributed by atoms with Gasteiger partial charge in [-0.15, -0.1) is 0 Å². The standard InChI is InChI=1S/C15H15N3O/c1-3-6-18(14-7-12(2)8-16-10-14)15-5-4-13(11-19)9-17-15/h3-11H,1-2H3/b6-3-. The van der Waals surface area contributed by atoms with Crippen LogP contribution < -0.4 is 4.90 Å². The molecule has 0 saturated carbocycles. The van der Waals surface area contributed by atoms with Gasteiger partial charge < -0.3 is 4.90 Å². The normalized spacial score (nSPS) is 10.6. The molecule has 2 rings (SSSR count). The summed E-state index contributed by atoms with van der Waals surface area (Å²) in [6.45, 7) is 3.93. The zero-order chi connectivity index (χ0) is 13.7. The summed E-state index contributed by atoms with van der Waals surface area (Å²) in [6, 6.07) is 5.59. The number of allylic oxidation sites excluding steroid dienone is 1. The van der Waals surface area contributed by atoms with Crippen molar-refractivity contribution >= 4 is 17.8 Å². The van der Waals surface area contributed by atoms with Crippen molar-refractivity contribution in [2.24, 2.45) is 0 Å². The SMILES string of the molecule is C/C=C\N(c1cncc(C)c1)c1ccc(C=O)cn1. The van der Waals surface area contributed by atoms with Crippen LogP contribution in [0.25, 0.3) is 0 Å². The van der Waals surface area contributed by atoms with Crippen LogP contribution in [0.4, 0.5) is 11.5 Å². The highest BCUT2D eigenvalue weighted by atomic mass is 16.1. The lowest BCUT2D eigenvalue weighted by molar-refractivity contribution is 0.112. The Bertz CT molecular complexity index is 591. The third-order valence-electron chi connectivity index (χ3n) is 2.59. The number of hydrogen-bond donors (Lipinski definition) is 0. The second-order valence-corrected chi connectivity index (χ2v) is 4.14. The summed E-state index contributed by atoms with van der Waals surface area (Å²) >= 11 is 0. The number of carbonyl (C=O) groups excluding carboxylic acids is 1.